The standard InChI is InChI=1S/C18H12O6/c1-7-4-11-12(6-10(7)18(23)24)16(20)14-8(2)3-9(17(21)22)5-13(14)15(11)19/h3-6H,1-2H3,(H,21,22)(H,23,24). The highest BCUT2D eigenvalue weighted by Gasteiger charge is 2.33. The quantitative estimate of drug-likeness (QED) is 0.749. The van der Waals surface area contributed by atoms with Crippen molar-refractivity contribution in [2.24, 2.45) is 0 Å². The van der Waals surface area contributed by atoms with Gasteiger partial charge in [0.05, 0.1) is 11.1 Å². The summed E-state index contributed by atoms with van der Waals surface area (Å²) in [6.45, 7) is 3.09. The van der Waals surface area contributed by atoms with Gasteiger partial charge >= 0.3 is 11.9 Å². The van der Waals surface area contributed by atoms with Crippen molar-refractivity contribution in [3.8, 4) is 0 Å². The number of rotatable bonds is 2. The van der Waals surface area contributed by atoms with Crippen molar-refractivity contribution in [3.05, 3.63) is 68.8 Å². The minimum atomic E-state index is -1.19. The van der Waals surface area contributed by atoms with Crippen LogP contribution in [0.5, 0.6) is 0 Å². The largest absolute Gasteiger partial charge is 0.478 e. The molecule has 1 aliphatic rings. The second-order valence-electron chi connectivity index (χ2n) is 5.70. The molecular weight excluding hydrogens is 312 g/mol. The van der Waals surface area contributed by atoms with Crippen LogP contribution in [0.3, 0.4) is 0 Å². The molecule has 0 unspecified atom stereocenters. The van der Waals surface area contributed by atoms with E-state index in [9.17, 15) is 24.3 Å². The molecule has 0 radical (unpaired) electrons. The van der Waals surface area contributed by atoms with Crippen molar-refractivity contribution < 1.29 is 29.4 Å². The van der Waals surface area contributed by atoms with Gasteiger partial charge in [0.25, 0.3) is 0 Å². The Kier molecular flexibility index (Phi) is 3.33. The molecule has 2 aromatic carbocycles. The molecule has 0 spiro atoms. The molecule has 0 fully saturated rings. The molecular formula is C18H12O6. The van der Waals surface area contributed by atoms with Crippen LogP contribution in [-0.2, 0) is 0 Å². The Bertz CT molecular complexity index is 968. The molecule has 0 saturated carbocycles. The zero-order valence-electron chi connectivity index (χ0n) is 12.8. The average molecular weight is 324 g/mol. The smallest absolute Gasteiger partial charge is 0.335 e. The molecule has 0 aromatic heterocycles. The minimum Gasteiger partial charge on any atom is -0.478 e. The van der Waals surface area contributed by atoms with E-state index in [1.54, 1.807) is 6.92 Å². The van der Waals surface area contributed by atoms with Crippen LogP contribution >= 0.6 is 0 Å². The van der Waals surface area contributed by atoms with Crippen molar-refractivity contribution >= 4 is 23.5 Å². The Morgan fingerprint density at radius 2 is 1.38 bits per heavy atom. The highest BCUT2D eigenvalue weighted by molar-refractivity contribution is 6.29. The number of carbonyl (C=O) groups is 4. The number of aryl methyl sites for hydroxylation is 2. The van der Waals surface area contributed by atoms with E-state index in [0.29, 0.717) is 11.1 Å². The number of hydrogen-bond donors (Lipinski definition) is 2. The number of ketones is 2. The van der Waals surface area contributed by atoms with Gasteiger partial charge in [0, 0.05) is 22.3 Å². The molecule has 6 heteroatoms. The van der Waals surface area contributed by atoms with E-state index >= 15 is 0 Å². The fourth-order valence-electron chi connectivity index (χ4n) is 2.98. The molecule has 0 saturated heterocycles. The molecule has 0 aliphatic heterocycles. The highest BCUT2D eigenvalue weighted by Crippen LogP contribution is 2.32. The van der Waals surface area contributed by atoms with Crippen LogP contribution in [-0.4, -0.2) is 33.7 Å². The normalized spacial score (nSPS) is 12.6. The zero-order valence-corrected chi connectivity index (χ0v) is 12.8. The SMILES string of the molecule is Cc1cc2c(cc1C(=O)O)C(=O)c1c(C)cc(C(=O)O)cc1C2=O. The average Bonchev–Trinajstić information content (AvgIpc) is 2.51. The van der Waals surface area contributed by atoms with Crippen molar-refractivity contribution in [1.82, 2.24) is 0 Å². The Balaban J connectivity index is 2.32. The van der Waals surface area contributed by atoms with Gasteiger partial charge in [-0.3, -0.25) is 9.59 Å². The predicted octanol–water partition coefficient (Wildman–Crippen LogP) is 2.48. The lowest BCUT2D eigenvalue weighted by Crippen LogP contribution is -2.24. The van der Waals surface area contributed by atoms with Crippen LogP contribution in [0.25, 0.3) is 0 Å². The van der Waals surface area contributed by atoms with E-state index in [1.165, 1.54) is 31.2 Å². The number of benzene rings is 2. The Morgan fingerprint density at radius 3 is 1.96 bits per heavy atom. The van der Waals surface area contributed by atoms with Gasteiger partial charge in [-0.2, -0.15) is 0 Å². The number of carboxylic acids is 2. The summed E-state index contributed by atoms with van der Waals surface area (Å²) in [5, 5.41) is 18.3. The Labute approximate surface area is 136 Å². The maximum atomic E-state index is 12.7. The van der Waals surface area contributed by atoms with Crippen molar-refractivity contribution in [2.45, 2.75) is 13.8 Å². The zero-order chi connectivity index (χ0) is 17.8. The second kappa shape index (κ2) is 5.13. The van der Waals surface area contributed by atoms with E-state index in [1.807, 2.05) is 0 Å². The minimum absolute atomic E-state index is 0.0293. The summed E-state index contributed by atoms with van der Waals surface area (Å²) in [6.07, 6.45) is 0. The van der Waals surface area contributed by atoms with Gasteiger partial charge in [-0.1, -0.05) is 0 Å². The van der Waals surface area contributed by atoms with Gasteiger partial charge in [0.15, 0.2) is 11.6 Å². The summed E-state index contributed by atoms with van der Waals surface area (Å²) < 4.78 is 0. The monoisotopic (exact) mass is 324 g/mol. The van der Waals surface area contributed by atoms with E-state index in [-0.39, 0.29) is 33.4 Å². The molecule has 0 atom stereocenters. The van der Waals surface area contributed by atoms with Gasteiger partial charge in [0.1, 0.15) is 0 Å². The molecule has 0 amide bonds. The molecule has 2 aromatic rings. The van der Waals surface area contributed by atoms with E-state index < -0.39 is 23.5 Å². The summed E-state index contributed by atoms with van der Waals surface area (Å²) in [7, 11) is 0. The third-order valence-corrected chi connectivity index (χ3v) is 4.14. The molecule has 0 bridgehead atoms. The maximum Gasteiger partial charge on any atom is 0.335 e. The lowest BCUT2D eigenvalue weighted by molar-refractivity contribution is 0.0685. The van der Waals surface area contributed by atoms with Crippen molar-refractivity contribution in [1.29, 1.82) is 0 Å². The van der Waals surface area contributed by atoms with E-state index in [2.05, 4.69) is 0 Å². The molecule has 24 heavy (non-hydrogen) atoms. The first kappa shape index (κ1) is 15.6. The first-order valence-electron chi connectivity index (χ1n) is 7.07. The Hall–Kier alpha value is -3.28. The number of hydrogen-bond acceptors (Lipinski definition) is 4. The number of carboxylic acid groups (broad SMARTS) is 2. The molecule has 0 heterocycles. The lowest BCUT2D eigenvalue weighted by Gasteiger charge is -2.21. The maximum absolute atomic E-state index is 12.7. The van der Waals surface area contributed by atoms with Gasteiger partial charge in [-0.15, -0.1) is 0 Å². The topological polar surface area (TPSA) is 109 Å². The summed E-state index contributed by atoms with van der Waals surface area (Å²) in [5.74, 6) is -3.33. The highest BCUT2D eigenvalue weighted by atomic mass is 16.4. The molecule has 3 rings (SSSR count). The summed E-state index contributed by atoms with van der Waals surface area (Å²) >= 11 is 0. The first-order valence-corrected chi connectivity index (χ1v) is 7.07. The first-order chi connectivity index (χ1) is 11.2. The summed E-state index contributed by atoms with van der Waals surface area (Å²) in [4.78, 5) is 47.9. The van der Waals surface area contributed by atoms with Crippen molar-refractivity contribution in [2.75, 3.05) is 0 Å². The number of carbonyl (C=O) groups excluding carboxylic acids is 2. The predicted molar refractivity (Wildman–Crippen MR) is 83.1 cm³/mol. The van der Waals surface area contributed by atoms with Crippen LogP contribution in [0, 0.1) is 13.8 Å². The number of aromatic carboxylic acids is 2. The Morgan fingerprint density at radius 1 is 0.750 bits per heavy atom. The molecule has 120 valence electrons. The van der Waals surface area contributed by atoms with Gasteiger partial charge in [0.2, 0.25) is 0 Å². The molecule has 1 aliphatic carbocycles. The third kappa shape index (κ3) is 2.11. The fourth-order valence-corrected chi connectivity index (χ4v) is 2.98. The summed E-state index contributed by atoms with van der Waals surface area (Å²) in [5.41, 5.74) is 0.889. The van der Waals surface area contributed by atoms with Crippen LogP contribution in [0.4, 0.5) is 0 Å². The van der Waals surface area contributed by atoms with Crippen molar-refractivity contribution in [3.63, 3.8) is 0 Å². The lowest BCUT2D eigenvalue weighted by atomic mass is 9.80. The second-order valence-corrected chi connectivity index (χ2v) is 5.70. The van der Waals surface area contributed by atoms with E-state index in [0.717, 1.165) is 0 Å². The van der Waals surface area contributed by atoms with Crippen LogP contribution in [0.2, 0.25) is 0 Å². The summed E-state index contributed by atoms with van der Waals surface area (Å²) in [6, 6.07) is 5.09. The van der Waals surface area contributed by atoms with Crippen LogP contribution in [0.1, 0.15) is 63.7 Å². The van der Waals surface area contributed by atoms with Crippen LogP contribution < -0.4 is 0 Å². The van der Waals surface area contributed by atoms with Gasteiger partial charge in [-0.25, -0.2) is 9.59 Å². The van der Waals surface area contributed by atoms with E-state index in [4.69, 9.17) is 5.11 Å². The number of fused-ring (bicyclic) bond motifs is 2. The van der Waals surface area contributed by atoms with Crippen LogP contribution in [0.15, 0.2) is 24.3 Å². The third-order valence-electron chi connectivity index (χ3n) is 4.14. The molecule has 6 nitrogen and oxygen atoms in total. The fraction of sp³-hybridized carbons (Fsp3) is 0.111. The van der Waals surface area contributed by atoms with Gasteiger partial charge < -0.3 is 10.2 Å². The van der Waals surface area contributed by atoms with Gasteiger partial charge in [-0.05, 0) is 49.2 Å². The molecule has 2 N–H and O–H groups in total.